The Labute approximate surface area is 756 Å². The summed E-state index contributed by atoms with van der Waals surface area (Å²) in [6.07, 6.45) is 30.7. The molecule has 1 aliphatic carbocycles. The van der Waals surface area contributed by atoms with E-state index in [1.165, 1.54) is 83.3 Å². The number of benzene rings is 4. The Balaban J connectivity index is 0.466. The molecule has 698 valence electrons. The molecule has 32 heteroatoms. The van der Waals surface area contributed by atoms with E-state index in [0.717, 1.165) is 48.0 Å². The molecule has 6 heterocycles. The van der Waals surface area contributed by atoms with Crippen LogP contribution in [-0.2, 0) is 66.7 Å². The molecule has 0 saturated carbocycles. The van der Waals surface area contributed by atoms with E-state index in [1.54, 1.807) is 91.2 Å². The van der Waals surface area contributed by atoms with Gasteiger partial charge in [-0.2, -0.15) is 0 Å². The molecule has 4 aromatic carbocycles. The first-order valence-electron chi connectivity index (χ1n) is 45.7. The molecule has 3 unspecified atom stereocenters. The summed E-state index contributed by atoms with van der Waals surface area (Å²) in [4.78, 5) is 122. The lowest BCUT2D eigenvalue weighted by Gasteiger charge is -2.36. The number of nitrogens with one attached hydrogen (secondary N) is 4. The van der Waals surface area contributed by atoms with Gasteiger partial charge in [0.25, 0.3) is 11.8 Å². The van der Waals surface area contributed by atoms with Crippen LogP contribution in [0.4, 0.5) is 17.1 Å². The van der Waals surface area contributed by atoms with Gasteiger partial charge in [-0.05, 0) is 116 Å². The molecule has 6 atom stereocenters. The van der Waals surface area contributed by atoms with Crippen LogP contribution in [0.25, 0.3) is 11.1 Å². The molecule has 0 spiro atoms. The van der Waals surface area contributed by atoms with Crippen molar-refractivity contribution in [3.63, 3.8) is 0 Å². The van der Waals surface area contributed by atoms with Crippen LogP contribution >= 0.6 is 11.8 Å². The Morgan fingerprint density at radius 1 is 0.539 bits per heavy atom. The second kappa shape index (κ2) is 52.2. The Bertz CT molecular complexity index is 4480. The van der Waals surface area contributed by atoms with Crippen LogP contribution in [0.5, 0.6) is 34.5 Å². The highest BCUT2D eigenvalue weighted by Crippen LogP contribution is 2.47. The maximum absolute atomic E-state index is 14.2. The predicted octanol–water partition coefficient (Wildman–Crippen LogP) is 13.1. The lowest BCUT2D eigenvalue weighted by Crippen LogP contribution is -2.53. The number of fused-ring (bicyclic) bond motifs is 5. The fourth-order valence-corrected chi connectivity index (χ4v) is 17.9. The largest absolute Gasteiger partial charge is 0.493 e. The first-order chi connectivity index (χ1) is 62.3. The maximum Gasteiger partial charge on any atom is 0.260 e. The summed E-state index contributed by atoms with van der Waals surface area (Å²) in [7, 11) is 3.02. The summed E-state index contributed by atoms with van der Waals surface area (Å²) in [5, 5.41) is 10.8. The Hall–Kier alpha value is -9.77. The van der Waals surface area contributed by atoms with Crippen molar-refractivity contribution in [3.8, 4) is 34.5 Å². The normalized spacial score (nSPS) is 18.8. The number of methoxy groups -OCH3 is 2. The SMILES string of the molecule is CCC(CC)(CC1/C=C\CCCCCCCCCCC1)SC1CC(=O)N(CCC(=O)NCCOCCOCCOCCOCCOCCOCCOCCOCCC(=O)N[C@H](C(=O)N[C@@H](C)C(=O)Nc2ccc(C3=CN4C(=O)c5cc(OC)c(OCCCOc6cc7c(cc6OC)C(=O)N6C=C(c8ccc9c(c8)OCO9)CC6C=N7)cc5N=C[C@@H]4C3)cc2)C(C)C)C1=O. The zero-order valence-corrected chi connectivity index (χ0v) is 76.3. The molecule has 0 radical (unpaired) electrons. The summed E-state index contributed by atoms with van der Waals surface area (Å²) in [6.45, 7) is 16.2. The van der Waals surface area contributed by atoms with Crippen molar-refractivity contribution >= 4 is 99.7 Å². The van der Waals surface area contributed by atoms with E-state index in [9.17, 15) is 38.4 Å². The smallest absolute Gasteiger partial charge is 0.260 e. The van der Waals surface area contributed by atoms with E-state index in [2.05, 4.69) is 47.3 Å². The summed E-state index contributed by atoms with van der Waals surface area (Å²) in [6, 6.07) is 17.2. The number of carbonyl (C=O) groups is 8. The third kappa shape index (κ3) is 29.6. The van der Waals surface area contributed by atoms with Crippen molar-refractivity contribution in [3.05, 3.63) is 114 Å². The molecule has 8 amide bonds. The van der Waals surface area contributed by atoms with Crippen LogP contribution in [0.3, 0.4) is 0 Å². The van der Waals surface area contributed by atoms with E-state index in [0.29, 0.717) is 187 Å². The van der Waals surface area contributed by atoms with Crippen LogP contribution in [-0.4, -0.2) is 262 Å². The first-order valence-corrected chi connectivity index (χ1v) is 46.6. The minimum absolute atomic E-state index is 0.0101. The number of amides is 8. The monoisotopic (exact) mass is 1790 g/mol. The molecular formula is C96H131N9O22S. The minimum Gasteiger partial charge on any atom is -0.493 e. The third-order valence-corrected chi connectivity index (χ3v) is 25.5. The summed E-state index contributed by atoms with van der Waals surface area (Å²) in [5.74, 6) is 0.699. The van der Waals surface area contributed by atoms with Crippen LogP contribution in [0.15, 0.2) is 101 Å². The number of rotatable bonds is 52. The molecule has 1 saturated heterocycles. The second-order valence-corrected chi connectivity index (χ2v) is 34.7. The fraction of sp³-hybridized carbons (Fsp3) is 0.583. The zero-order valence-electron chi connectivity index (χ0n) is 75.5. The molecule has 1 fully saturated rings. The van der Waals surface area contributed by atoms with Gasteiger partial charge >= 0.3 is 0 Å². The van der Waals surface area contributed by atoms with Crippen molar-refractivity contribution in [2.45, 2.75) is 197 Å². The van der Waals surface area contributed by atoms with E-state index in [4.69, 9.17) is 76.3 Å². The van der Waals surface area contributed by atoms with Crippen LogP contribution < -0.4 is 49.7 Å². The van der Waals surface area contributed by atoms with Gasteiger partial charge in [-0.25, -0.2) is 0 Å². The number of hydrogen-bond donors (Lipinski definition) is 4. The molecule has 31 nitrogen and oxygen atoms in total. The number of anilines is 1. The lowest BCUT2D eigenvalue weighted by molar-refractivity contribution is -0.138. The van der Waals surface area contributed by atoms with E-state index >= 15 is 0 Å². The number of allylic oxidation sites excluding steroid dienone is 2. The Kier molecular flexibility index (Phi) is 40.3. The highest BCUT2D eigenvalue weighted by atomic mass is 32.2. The van der Waals surface area contributed by atoms with Gasteiger partial charge in [-0.3, -0.25) is 53.2 Å². The molecular weight excluding hydrogens is 1660 g/mol. The van der Waals surface area contributed by atoms with Gasteiger partial charge < -0.3 is 97.4 Å². The number of aliphatic imine (C=N–C) groups is 2. The Morgan fingerprint density at radius 3 is 1.59 bits per heavy atom. The summed E-state index contributed by atoms with van der Waals surface area (Å²) < 4.78 is 79.5. The van der Waals surface area contributed by atoms with Gasteiger partial charge in [0, 0.05) is 99.0 Å². The Morgan fingerprint density at radius 2 is 1.05 bits per heavy atom. The third-order valence-electron chi connectivity index (χ3n) is 23.6. The minimum atomic E-state index is -0.947. The van der Waals surface area contributed by atoms with Crippen LogP contribution in [0.1, 0.15) is 195 Å². The maximum atomic E-state index is 14.2. The molecule has 128 heavy (non-hydrogen) atoms. The summed E-state index contributed by atoms with van der Waals surface area (Å²) >= 11 is 1.70. The van der Waals surface area contributed by atoms with Crippen molar-refractivity contribution < 1.29 is 105 Å². The number of ether oxygens (including phenoxy) is 14. The van der Waals surface area contributed by atoms with Gasteiger partial charge in [-0.1, -0.05) is 109 Å². The lowest BCUT2D eigenvalue weighted by atomic mass is 9.86. The van der Waals surface area contributed by atoms with E-state index in [-0.39, 0.29) is 117 Å². The molecule has 4 N–H and O–H groups in total. The quantitative estimate of drug-likeness (QED) is 0.0181. The van der Waals surface area contributed by atoms with Gasteiger partial charge in [0.1, 0.15) is 12.1 Å². The van der Waals surface area contributed by atoms with Crippen molar-refractivity contribution in [2.24, 2.45) is 21.8 Å². The van der Waals surface area contributed by atoms with E-state index < -0.39 is 29.1 Å². The van der Waals surface area contributed by atoms with E-state index in [1.807, 2.05) is 42.7 Å². The average molecular weight is 1800 g/mol. The topological polar surface area (TPSA) is 348 Å². The highest BCUT2D eigenvalue weighted by molar-refractivity contribution is 8.02. The van der Waals surface area contributed by atoms with Gasteiger partial charge in [0.2, 0.25) is 42.2 Å². The van der Waals surface area contributed by atoms with Crippen molar-refractivity contribution in [2.75, 3.05) is 158 Å². The number of nitrogens with zero attached hydrogens (tertiary/aromatic N) is 5. The summed E-state index contributed by atoms with van der Waals surface area (Å²) in [5.41, 5.74) is 5.77. The standard InChI is InChI=1S/C96H131N9O22S/c1-8-96(9-2,60-68-22-19-17-15-13-11-10-12-14-16-18-20-23-68)128-86-59-89(108)103(95(86)113)33-30-87(106)97-32-37-117-39-41-119-43-45-121-47-49-123-51-50-122-48-46-120-44-42-118-40-38-116-36-31-88(107)102-90(66(3)4)92(110)100-67(5)91(109)101-73-27-24-69(25-28-73)71-52-74-61-98-78-57-84(81(114-6)55-76(78)93(111)104(74)63-71)124-34-21-35-125-85-58-79-77(56-82(85)115-7)94(112)105-64-72(53-75(105)62-99-79)70-26-29-80-83(54-70)127-65-126-80/h19,22,24-29,54-58,61-64,66-68,74-75,86,90H,8-18,20-21,23,30-53,59-60,65H2,1-7H3,(H,97,106)(H,100,110)(H,101,109)(H,102,107)/b22-19-/t67-,68?,74-,75?,86?,90-/m0/s1. The van der Waals surface area contributed by atoms with Crippen molar-refractivity contribution in [1.29, 1.82) is 0 Å². The number of hydrogen-bond acceptors (Lipinski definition) is 25. The number of likely N-dealkylation sites (tertiary alicyclic amines) is 1. The fourth-order valence-electron chi connectivity index (χ4n) is 16.2. The number of imide groups is 1. The predicted molar refractivity (Wildman–Crippen MR) is 488 cm³/mol. The number of thioether (sulfide) groups is 1. The van der Waals surface area contributed by atoms with Gasteiger partial charge in [0.05, 0.1) is 173 Å². The molecule has 11 rings (SSSR count). The van der Waals surface area contributed by atoms with Gasteiger partial charge in [-0.15, -0.1) is 11.8 Å². The second-order valence-electron chi connectivity index (χ2n) is 33.1. The molecule has 0 aromatic heterocycles. The number of carbonyl (C=O) groups excluding carboxylic acids is 8. The van der Waals surface area contributed by atoms with Crippen LogP contribution in [0.2, 0.25) is 0 Å². The molecule has 7 aliphatic rings. The average Bonchev–Trinajstić information content (AvgIpc) is 1.62. The first kappa shape index (κ1) is 98.8. The van der Waals surface area contributed by atoms with Gasteiger partial charge in [0.15, 0.2) is 34.5 Å². The zero-order chi connectivity index (χ0) is 90.4. The molecule has 6 aliphatic heterocycles. The van der Waals surface area contributed by atoms with Crippen LogP contribution in [0, 0.1) is 11.8 Å². The highest BCUT2D eigenvalue weighted by Gasteiger charge is 2.45. The molecule has 0 bridgehead atoms. The molecule has 4 aromatic rings. The van der Waals surface area contributed by atoms with Crippen molar-refractivity contribution in [1.82, 2.24) is 30.7 Å².